The largest absolute Gasteiger partial charge is 0.368 e. The Labute approximate surface area is 125 Å². The fourth-order valence-corrected chi connectivity index (χ4v) is 3.06. The minimum absolute atomic E-state index is 0.356. The van der Waals surface area contributed by atoms with E-state index in [4.69, 9.17) is 10.7 Å². The van der Waals surface area contributed by atoms with Gasteiger partial charge in [0.15, 0.2) is 0 Å². The molecule has 0 bridgehead atoms. The van der Waals surface area contributed by atoms with Crippen LogP contribution in [0, 0.1) is 6.92 Å². The first kappa shape index (κ1) is 14.0. The van der Waals surface area contributed by atoms with Gasteiger partial charge in [-0.25, -0.2) is 4.98 Å². The maximum atomic E-state index is 5.90. The Hall–Kier alpha value is -1.97. The van der Waals surface area contributed by atoms with Gasteiger partial charge in [-0.15, -0.1) is 0 Å². The Kier molecular flexibility index (Phi) is 4.13. The number of hydrogen-bond donors (Lipinski definition) is 1. The number of nitrogens with two attached hydrogens (primary N) is 1. The van der Waals surface area contributed by atoms with Crippen molar-refractivity contribution in [2.45, 2.75) is 51.4 Å². The molecular weight excluding hydrogens is 260 g/mol. The van der Waals surface area contributed by atoms with E-state index in [-0.39, 0.29) is 0 Å². The number of anilines is 1. The molecule has 1 aromatic heterocycles. The van der Waals surface area contributed by atoms with Crippen molar-refractivity contribution in [1.29, 1.82) is 0 Å². The van der Waals surface area contributed by atoms with E-state index in [1.807, 2.05) is 6.07 Å². The van der Waals surface area contributed by atoms with E-state index in [0.29, 0.717) is 11.9 Å². The molecule has 1 fully saturated rings. The van der Waals surface area contributed by atoms with Crippen molar-refractivity contribution >= 4 is 5.95 Å². The molecule has 0 atom stereocenters. The molecule has 1 aliphatic rings. The Balaban J connectivity index is 1.85. The van der Waals surface area contributed by atoms with Crippen LogP contribution in [0.15, 0.2) is 24.3 Å². The first-order chi connectivity index (χ1) is 10.2. The average molecular weight is 282 g/mol. The number of nitrogens with zero attached hydrogens (tertiary/aromatic N) is 3. The summed E-state index contributed by atoms with van der Waals surface area (Å²) in [7, 11) is 0. The molecule has 4 heteroatoms. The molecule has 0 amide bonds. The van der Waals surface area contributed by atoms with Gasteiger partial charge in [0.05, 0.1) is 0 Å². The van der Waals surface area contributed by atoms with Crippen LogP contribution >= 0.6 is 0 Å². The highest BCUT2D eigenvalue weighted by Crippen LogP contribution is 2.30. The first-order valence-electron chi connectivity index (χ1n) is 7.77. The van der Waals surface area contributed by atoms with Crippen molar-refractivity contribution in [1.82, 2.24) is 15.0 Å². The van der Waals surface area contributed by atoms with E-state index in [1.165, 1.54) is 43.2 Å². The molecule has 0 unspecified atom stereocenters. The summed E-state index contributed by atoms with van der Waals surface area (Å²) in [6, 6.07) is 8.33. The molecule has 0 radical (unpaired) electrons. The zero-order valence-electron chi connectivity index (χ0n) is 12.5. The molecule has 0 aliphatic heterocycles. The van der Waals surface area contributed by atoms with Crippen LogP contribution in [-0.4, -0.2) is 15.0 Å². The third-order valence-electron chi connectivity index (χ3n) is 4.30. The third kappa shape index (κ3) is 3.38. The zero-order valence-corrected chi connectivity index (χ0v) is 12.5. The van der Waals surface area contributed by atoms with E-state index in [0.717, 1.165) is 18.1 Å². The van der Waals surface area contributed by atoms with Crippen LogP contribution in [0.3, 0.4) is 0 Å². The van der Waals surface area contributed by atoms with Gasteiger partial charge in [0.2, 0.25) is 5.95 Å². The normalized spacial score (nSPS) is 16.0. The van der Waals surface area contributed by atoms with Gasteiger partial charge in [-0.1, -0.05) is 43.5 Å². The molecule has 0 spiro atoms. The van der Waals surface area contributed by atoms with E-state index in [1.54, 1.807) is 0 Å². The van der Waals surface area contributed by atoms with Crippen molar-refractivity contribution in [3.63, 3.8) is 0 Å². The lowest BCUT2D eigenvalue weighted by atomic mass is 9.89. The van der Waals surface area contributed by atoms with Crippen molar-refractivity contribution < 1.29 is 0 Å². The number of benzene rings is 1. The van der Waals surface area contributed by atoms with Gasteiger partial charge in [0.25, 0.3) is 0 Å². The summed E-state index contributed by atoms with van der Waals surface area (Å²) in [5, 5.41) is 0. The summed E-state index contributed by atoms with van der Waals surface area (Å²) in [4.78, 5) is 13.4. The number of rotatable bonds is 3. The first-order valence-corrected chi connectivity index (χ1v) is 7.77. The summed E-state index contributed by atoms with van der Waals surface area (Å²) in [6.07, 6.45) is 6.93. The smallest absolute Gasteiger partial charge is 0.223 e. The van der Waals surface area contributed by atoms with Gasteiger partial charge in [-0.3, -0.25) is 0 Å². The summed E-state index contributed by atoms with van der Waals surface area (Å²) < 4.78 is 0. The van der Waals surface area contributed by atoms with Crippen LogP contribution in [-0.2, 0) is 6.42 Å². The van der Waals surface area contributed by atoms with E-state index < -0.39 is 0 Å². The van der Waals surface area contributed by atoms with Gasteiger partial charge < -0.3 is 5.73 Å². The standard InChI is InChI=1S/C17H22N4/c1-12-7-5-6-10-14(12)11-15-19-16(21-17(18)20-15)13-8-3-2-4-9-13/h5-7,10,13H,2-4,8-9,11H2,1H3,(H2,18,19,20,21). The monoisotopic (exact) mass is 282 g/mol. The second-order valence-corrected chi connectivity index (χ2v) is 5.91. The Bertz CT molecular complexity index is 618. The molecule has 2 aromatic rings. The highest BCUT2D eigenvalue weighted by atomic mass is 15.1. The molecule has 3 rings (SSSR count). The van der Waals surface area contributed by atoms with Gasteiger partial charge in [-0.2, -0.15) is 9.97 Å². The van der Waals surface area contributed by atoms with E-state index >= 15 is 0 Å². The highest BCUT2D eigenvalue weighted by molar-refractivity contribution is 5.29. The SMILES string of the molecule is Cc1ccccc1Cc1nc(N)nc(C2CCCCC2)n1. The lowest BCUT2D eigenvalue weighted by Gasteiger charge is -2.20. The molecule has 1 aromatic carbocycles. The molecule has 1 saturated carbocycles. The van der Waals surface area contributed by atoms with Crippen LogP contribution < -0.4 is 5.73 Å². The van der Waals surface area contributed by atoms with Crippen LogP contribution in [0.2, 0.25) is 0 Å². The summed E-state index contributed by atoms with van der Waals surface area (Å²) in [6.45, 7) is 2.11. The minimum Gasteiger partial charge on any atom is -0.368 e. The highest BCUT2D eigenvalue weighted by Gasteiger charge is 2.19. The molecule has 2 N–H and O–H groups in total. The van der Waals surface area contributed by atoms with Crippen molar-refractivity contribution in [2.24, 2.45) is 0 Å². The molecular formula is C17H22N4. The average Bonchev–Trinajstić information content (AvgIpc) is 2.50. The Morgan fingerprint density at radius 2 is 1.81 bits per heavy atom. The van der Waals surface area contributed by atoms with Gasteiger partial charge >= 0.3 is 0 Å². The Morgan fingerprint density at radius 1 is 1.05 bits per heavy atom. The van der Waals surface area contributed by atoms with Crippen LogP contribution in [0.1, 0.15) is 60.8 Å². The molecule has 4 nitrogen and oxygen atoms in total. The summed E-state index contributed by atoms with van der Waals surface area (Å²) in [5.74, 6) is 2.50. The van der Waals surface area contributed by atoms with E-state index in [9.17, 15) is 0 Å². The molecule has 1 aliphatic carbocycles. The van der Waals surface area contributed by atoms with Crippen LogP contribution in [0.5, 0.6) is 0 Å². The summed E-state index contributed by atoms with van der Waals surface area (Å²) >= 11 is 0. The lowest BCUT2D eigenvalue weighted by Crippen LogP contribution is -2.14. The predicted molar refractivity (Wildman–Crippen MR) is 84.1 cm³/mol. The van der Waals surface area contributed by atoms with E-state index in [2.05, 4.69) is 35.1 Å². The van der Waals surface area contributed by atoms with Gasteiger partial charge in [0, 0.05) is 12.3 Å². The van der Waals surface area contributed by atoms with Crippen molar-refractivity contribution in [3.8, 4) is 0 Å². The molecule has 21 heavy (non-hydrogen) atoms. The zero-order chi connectivity index (χ0) is 14.7. The number of hydrogen-bond acceptors (Lipinski definition) is 4. The third-order valence-corrected chi connectivity index (χ3v) is 4.30. The second-order valence-electron chi connectivity index (χ2n) is 5.91. The van der Waals surface area contributed by atoms with Gasteiger partial charge in [0.1, 0.15) is 11.6 Å². The topological polar surface area (TPSA) is 64.7 Å². The van der Waals surface area contributed by atoms with Crippen molar-refractivity contribution in [2.75, 3.05) is 5.73 Å². The molecule has 0 saturated heterocycles. The number of nitrogen functional groups attached to an aromatic ring is 1. The van der Waals surface area contributed by atoms with Crippen LogP contribution in [0.4, 0.5) is 5.95 Å². The molecule has 110 valence electrons. The maximum absolute atomic E-state index is 5.90. The van der Waals surface area contributed by atoms with Gasteiger partial charge in [-0.05, 0) is 30.9 Å². The number of aromatic nitrogens is 3. The van der Waals surface area contributed by atoms with Crippen LogP contribution in [0.25, 0.3) is 0 Å². The maximum Gasteiger partial charge on any atom is 0.223 e. The second kappa shape index (κ2) is 6.20. The summed E-state index contributed by atoms with van der Waals surface area (Å²) in [5.41, 5.74) is 8.40. The van der Waals surface area contributed by atoms with Crippen molar-refractivity contribution in [3.05, 3.63) is 47.0 Å². The fourth-order valence-electron chi connectivity index (χ4n) is 3.06. The predicted octanol–water partition coefficient (Wildman–Crippen LogP) is 3.40. The number of aryl methyl sites for hydroxylation is 1. The quantitative estimate of drug-likeness (QED) is 0.937. The lowest BCUT2D eigenvalue weighted by molar-refractivity contribution is 0.427. The Morgan fingerprint density at radius 3 is 2.57 bits per heavy atom. The molecule has 1 heterocycles. The fraction of sp³-hybridized carbons (Fsp3) is 0.471. The minimum atomic E-state index is 0.356.